The number of nitrogens with zero attached hydrogens (tertiary/aromatic N) is 2. The molecule has 0 unspecified atom stereocenters. The Hall–Kier alpha value is -1.64. The van der Waals surface area contributed by atoms with Crippen LogP contribution in [0.5, 0.6) is 5.88 Å². The quantitative estimate of drug-likeness (QED) is 0.459. The summed E-state index contributed by atoms with van der Waals surface area (Å²) in [5.41, 5.74) is 2.56. The van der Waals surface area contributed by atoms with Gasteiger partial charge < -0.3 is 10.2 Å². The summed E-state index contributed by atoms with van der Waals surface area (Å²) in [7, 11) is 0. The van der Waals surface area contributed by atoms with Gasteiger partial charge in [0.1, 0.15) is 11.6 Å². The number of ether oxygens (including phenoxy) is 1. The topological polar surface area (TPSA) is 73.1 Å². The van der Waals surface area contributed by atoms with Crippen LogP contribution in [-0.4, -0.2) is 28.9 Å². The van der Waals surface area contributed by atoms with E-state index in [-0.39, 0.29) is 17.3 Å². The molecule has 0 saturated heterocycles. The van der Waals surface area contributed by atoms with Gasteiger partial charge in [-0.25, -0.2) is 19.6 Å². The highest BCUT2D eigenvalue weighted by molar-refractivity contribution is 5.47. The van der Waals surface area contributed by atoms with E-state index in [4.69, 9.17) is 10.6 Å². The molecule has 5 nitrogen and oxygen atoms in total. The van der Waals surface area contributed by atoms with Crippen molar-refractivity contribution in [2.45, 2.75) is 39.0 Å². The van der Waals surface area contributed by atoms with E-state index >= 15 is 0 Å². The molecule has 0 aliphatic carbocycles. The van der Waals surface area contributed by atoms with E-state index in [1.807, 2.05) is 6.92 Å². The van der Waals surface area contributed by atoms with Gasteiger partial charge in [-0.15, -0.1) is 0 Å². The molecule has 3 N–H and O–H groups in total. The number of aromatic nitrogens is 2. The third-order valence-electron chi connectivity index (χ3n) is 2.48. The third kappa shape index (κ3) is 3.92. The molecule has 0 radical (unpaired) electrons. The van der Waals surface area contributed by atoms with E-state index in [0.29, 0.717) is 12.2 Å². The number of aryl methyl sites for hydroxylation is 1. The van der Waals surface area contributed by atoms with Crippen LogP contribution in [0.1, 0.15) is 24.7 Å². The Morgan fingerprint density at radius 2 is 2.00 bits per heavy atom. The van der Waals surface area contributed by atoms with E-state index in [1.165, 1.54) is 6.92 Å². The number of nitrogen functional groups attached to an aromatic ring is 1. The lowest BCUT2D eigenvalue weighted by Gasteiger charge is -2.17. The number of hydrazine groups is 1. The number of halogens is 4. The second kappa shape index (κ2) is 6.69. The zero-order chi connectivity index (χ0) is 15.3. The number of rotatable bonds is 7. The number of nitrogens with two attached hydrogens (primary N) is 1. The fraction of sp³-hybridized carbons (Fsp3) is 0.636. The zero-order valence-corrected chi connectivity index (χ0v) is 11.1. The molecule has 0 fully saturated rings. The molecular formula is C11H16F4N4O. The molecule has 0 aromatic carbocycles. The van der Waals surface area contributed by atoms with Crippen LogP contribution < -0.4 is 16.0 Å². The summed E-state index contributed by atoms with van der Waals surface area (Å²) in [4.78, 5) is 7.98. The zero-order valence-electron chi connectivity index (χ0n) is 11.1. The third-order valence-corrected chi connectivity index (χ3v) is 2.48. The van der Waals surface area contributed by atoms with E-state index < -0.39 is 19.0 Å². The lowest BCUT2D eigenvalue weighted by atomic mass is 10.3. The van der Waals surface area contributed by atoms with Crippen molar-refractivity contribution in [3.05, 3.63) is 11.4 Å². The average molecular weight is 296 g/mol. The molecule has 1 rings (SSSR count). The van der Waals surface area contributed by atoms with Crippen LogP contribution >= 0.6 is 0 Å². The van der Waals surface area contributed by atoms with Gasteiger partial charge in [0.2, 0.25) is 5.88 Å². The Morgan fingerprint density at radius 1 is 1.35 bits per heavy atom. The van der Waals surface area contributed by atoms with E-state index in [2.05, 4.69) is 15.4 Å². The minimum absolute atomic E-state index is 0.184. The summed E-state index contributed by atoms with van der Waals surface area (Å²) in [5, 5.41) is 0. The lowest BCUT2D eigenvalue weighted by Crippen LogP contribution is -2.34. The number of hydrogen-bond acceptors (Lipinski definition) is 5. The fourth-order valence-corrected chi connectivity index (χ4v) is 1.38. The lowest BCUT2D eigenvalue weighted by molar-refractivity contribution is -0.148. The first-order valence-electron chi connectivity index (χ1n) is 5.94. The predicted octanol–water partition coefficient (Wildman–Crippen LogP) is 2.30. The summed E-state index contributed by atoms with van der Waals surface area (Å²) in [6, 6.07) is 0. The molecule has 20 heavy (non-hydrogen) atoms. The summed E-state index contributed by atoms with van der Waals surface area (Å²) in [5.74, 6) is 1.37. The molecule has 1 aromatic rings. The fourth-order valence-electron chi connectivity index (χ4n) is 1.38. The maximum absolute atomic E-state index is 12.8. The molecule has 9 heteroatoms. The Kier molecular flexibility index (Phi) is 5.49. The summed E-state index contributed by atoms with van der Waals surface area (Å²) < 4.78 is 54.5. The first-order chi connectivity index (χ1) is 9.31. The Labute approximate surface area is 113 Å². The predicted molar refractivity (Wildman–Crippen MR) is 65.0 cm³/mol. The molecule has 0 aliphatic heterocycles. The van der Waals surface area contributed by atoms with Crippen LogP contribution in [0.3, 0.4) is 0 Å². The van der Waals surface area contributed by atoms with Gasteiger partial charge in [-0.2, -0.15) is 13.8 Å². The van der Waals surface area contributed by atoms with Crippen molar-refractivity contribution in [1.82, 2.24) is 9.97 Å². The van der Waals surface area contributed by atoms with Crippen molar-refractivity contribution < 1.29 is 22.3 Å². The highest BCUT2D eigenvalue weighted by Gasteiger charge is 2.42. The molecule has 0 bridgehead atoms. The average Bonchev–Trinajstić information content (AvgIpc) is 2.39. The molecule has 1 aromatic heterocycles. The van der Waals surface area contributed by atoms with Crippen LogP contribution in [-0.2, 0) is 6.42 Å². The highest BCUT2D eigenvalue weighted by Crippen LogP contribution is 2.27. The Balaban J connectivity index is 2.96. The number of nitrogens with one attached hydrogen (secondary N) is 1. The first-order valence-corrected chi connectivity index (χ1v) is 5.94. The van der Waals surface area contributed by atoms with Gasteiger partial charge in [-0.3, -0.25) is 0 Å². The van der Waals surface area contributed by atoms with Crippen molar-refractivity contribution in [3.8, 4) is 5.88 Å². The second-order valence-electron chi connectivity index (χ2n) is 4.16. The van der Waals surface area contributed by atoms with Gasteiger partial charge >= 0.3 is 12.3 Å². The van der Waals surface area contributed by atoms with Crippen LogP contribution in [0.15, 0.2) is 0 Å². The summed E-state index contributed by atoms with van der Waals surface area (Å²) in [6.07, 6.45) is -2.59. The Morgan fingerprint density at radius 3 is 2.50 bits per heavy atom. The van der Waals surface area contributed by atoms with E-state index in [0.717, 1.165) is 6.42 Å². The molecule has 0 aliphatic rings. The SMILES string of the molecule is CCCc1nc(NN)c(C)c(OCC(F)(F)C(F)F)n1. The van der Waals surface area contributed by atoms with E-state index in [9.17, 15) is 17.6 Å². The molecule has 114 valence electrons. The monoisotopic (exact) mass is 296 g/mol. The highest BCUT2D eigenvalue weighted by atomic mass is 19.3. The smallest absolute Gasteiger partial charge is 0.340 e. The normalized spacial score (nSPS) is 11.8. The molecule has 0 amide bonds. The van der Waals surface area contributed by atoms with Gasteiger partial charge in [0.05, 0.1) is 5.56 Å². The standard InChI is InChI=1S/C11H16F4N4O/c1-3-4-7-17-8(19-16)6(2)9(18-7)20-5-11(14,15)10(12)13/h10H,3-5,16H2,1-2H3,(H,17,18,19). The second-order valence-corrected chi connectivity index (χ2v) is 4.16. The van der Waals surface area contributed by atoms with Gasteiger partial charge in [-0.1, -0.05) is 6.92 Å². The number of alkyl halides is 4. The summed E-state index contributed by atoms with van der Waals surface area (Å²) >= 11 is 0. The first kappa shape index (κ1) is 16.4. The van der Waals surface area contributed by atoms with Crippen molar-refractivity contribution >= 4 is 5.82 Å². The number of hydrogen-bond donors (Lipinski definition) is 2. The van der Waals surface area contributed by atoms with Crippen molar-refractivity contribution in [2.75, 3.05) is 12.0 Å². The maximum atomic E-state index is 12.8. The van der Waals surface area contributed by atoms with Crippen molar-refractivity contribution in [2.24, 2.45) is 5.84 Å². The molecule has 0 saturated carbocycles. The minimum atomic E-state index is -4.24. The Bertz CT molecular complexity index is 456. The van der Waals surface area contributed by atoms with Crippen LogP contribution in [0.25, 0.3) is 0 Å². The van der Waals surface area contributed by atoms with Crippen LogP contribution in [0, 0.1) is 6.92 Å². The largest absolute Gasteiger partial charge is 0.471 e. The molecular weight excluding hydrogens is 280 g/mol. The summed E-state index contributed by atoms with van der Waals surface area (Å²) in [6.45, 7) is 1.91. The van der Waals surface area contributed by atoms with Crippen molar-refractivity contribution in [3.63, 3.8) is 0 Å². The van der Waals surface area contributed by atoms with Gasteiger partial charge in [-0.05, 0) is 13.3 Å². The van der Waals surface area contributed by atoms with Gasteiger partial charge in [0, 0.05) is 6.42 Å². The number of anilines is 1. The minimum Gasteiger partial charge on any atom is -0.471 e. The van der Waals surface area contributed by atoms with E-state index in [1.54, 1.807) is 0 Å². The molecule has 0 atom stereocenters. The van der Waals surface area contributed by atoms with Crippen molar-refractivity contribution in [1.29, 1.82) is 0 Å². The van der Waals surface area contributed by atoms with Crippen LogP contribution in [0.4, 0.5) is 23.4 Å². The maximum Gasteiger partial charge on any atom is 0.340 e. The van der Waals surface area contributed by atoms with Gasteiger partial charge in [0.25, 0.3) is 0 Å². The van der Waals surface area contributed by atoms with Gasteiger partial charge in [0.15, 0.2) is 6.61 Å². The molecule has 1 heterocycles. The van der Waals surface area contributed by atoms with Crippen LogP contribution in [0.2, 0.25) is 0 Å². The molecule has 0 spiro atoms.